The van der Waals surface area contributed by atoms with Crippen molar-refractivity contribution in [3.63, 3.8) is 0 Å². The van der Waals surface area contributed by atoms with E-state index in [2.05, 4.69) is 0 Å². The van der Waals surface area contributed by atoms with Gasteiger partial charge >= 0.3 is 0 Å². The van der Waals surface area contributed by atoms with Crippen LogP contribution >= 0.6 is 0 Å². The van der Waals surface area contributed by atoms with Gasteiger partial charge in [-0.15, -0.1) is 0 Å². The summed E-state index contributed by atoms with van der Waals surface area (Å²) in [6.45, 7) is 4.93. The van der Waals surface area contributed by atoms with Crippen LogP contribution in [0.3, 0.4) is 0 Å². The molecule has 0 atom stereocenters. The highest BCUT2D eigenvalue weighted by Gasteiger charge is 2.27. The highest BCUT2D eigenvalue weighted by molar-refractivity contribution is 7.92. The second kappa shape index (κ2) is 7.21. The molecular weight excluding hydrogens is 330 g/mol. The molecule has 132 valence electrons. The van der Waals surface area contributed by atoms with E-state index in [9.17, 15) is 18.0 Å². The van der Waals surface area contributed by atoms with Crippen molar-refractivity contribution in [1.82, 2.24) is 9.80 Å². The van der Waals surface area contributed by atoms with Gasteiger partial charge in [-0.2, -0.15) is 0 Å². The third kappa shape index (κ3) is 4.47. The van der Waals surface area contributed by atoms with Crippen LogP contribution in [0.15, 0.2) is 24.3 Å². The Morgan fingerprint density at radius 2 is 1.71 bits per heavy atom. The van der Waals surface area contributed by atoms with E-state index in [1.54, 1.807) is 28.0 Å². The number of rotatable bonds is 4. The van der Waals surface area contributed by atoms with Crippen molar-refractivity contribution in [2.45, 2.75) is 13.8 Å². The predicted molar refractivity (Wildman–Crippen MR) is 92.2 cm³/mol. The fourth-order valence-corrected chi connectivity index (χ4v) is 3.52. The van der Waals surface area contributed by atoms with Crippen LogP contribution in [0.5, 0.6) is 0 Å². The van der Waals surface area contributed by atoms with Gasteiger partial charge in [-0.05, 0) is 24.6 Å². The largest absolute Gasteiger partial charge is 0.339 e. The first-order valence-electron chi connectivity index (χ1n) is 7.76. The number of hydrogen-bond acceptors (Lipinski definition) is 4. The minimum Gasteiger partial charge on any atom is -0.339 e. The average molecular weight is 353 g/mol. The lowest BCUT2D eigenvalue weighted by molar-refractivity contribution is -0.137. The van der Waals surface area contributed by atoms with Crippen LogP contribution in [-0.2, 0) is 19.6 Å². The van der Waals surface area contributed by atoms with E-state index in [4.69, 9.17) is 0 Å². The molecule has 2 amide bonds. The summed E-state index contributed by atoms with van der Waals surface area (Å²) >= 11 is 0. The van der Waals surface area contributed by atoms with Gasteiger partial charge < -0.3 is 9.80 Å². The molecule has 0 N–H and O–H groups in total. The number of hydrogen-bond donors (Lipinski definition) is 0. The maximum absolute atomic E-state index is 12.5. The summed E-state index contributed by atoms with van der Waals surface area (Å²) in [5.74, 6) is -0.273. The van der Waals surface area contributed by atoms with Crippen LogP contribution in [0.2, 0.25) is 0 Å². The monoisotopic (exact) mass is 353 g/mol. The standard InChI is InChI=1S/C16H23N3O4S/c1-13-5-4-6-15(11-13)19(24(3,22)23)12-16(21)18-9-7-17(8-10-18)14(2)20/h4-6,11H,7-10,12H2,1-3H3. The molecule has 8 heteroatoms. The number of carbonyl (C=O) groups excluding carboxylic acids is 2. The van der Waals surface area contributed by atoms with Gasteiger partial charge in [-0.1, -0.05) is 12.1 Å². The van der Waals surface area contributed by atoms with Gasteiger partial charge in [0.1, 0.15) is 6.54 Å². The van der Waals surface area contributed by atoms with E-state index in [-0.39, 0.29) is 18.4 Å². The third-order valence-electron chi connectivity index (χ3n) is 4.05. The minimum atomic E-state index is -3.57. The molecule has 1 heterocycles. The molecule has 0 aromatic heterocycles. The van der Waals surface area contributed by atoms with E-state index in [1.165, 1.54) is 6.92 Å². The Morgan fingerprint density at radius 3 is 2.21 bits per heavy atom. The Morgan fingerprint density at radius 1 is 1.12 bits per heavy atom. The molecule has 1 fully saturated rings. The van der Waals surface area contributed by atoms with Crippen molar-refractivity contribution < 1.29 is 18.0 Å². The quantitative estimate of drug-likeness (QED) is 0.787. The van der Waals surface area contributed by atoms with Gasteiger partial charge in [0.2, 0.25) is 21.8 Å². The van der Waals surface area contributed by atoms with Crippen LogP contribution < -0.4 is 4.31 Å². The molecular formula is C16H23N3O4S. The highest BCUT2D eigenvalue weighted by atomic mass is 32.2. The Labute approximate surface area is 142 Å². The molecule has 1 saturated heterocycles. The molecule has 1 aromatic carbocycles. The number of piperazine rings is 1. The summed E-state index contributed by atoms with van der Waals surface area (Å²) in [4.78, 5) is 27.1. The van der Waals surface area contributed by atoms with Gasteiger partial charge in [-0.25, -0.2) is 8.42 Å². The van der Waals surface area contributed by atoms with Gasteiger partial charge in [0.05, 0.1) is 11.9 Å². The van der Waals surface area contributed by atoms with Gasteiger partial charge in [0.25, 0.3) is 0 Å². The van der Waals surface area contributed by atoms with Gasteiger partial charge in [-0.3, -0.25) is 13.9 Å². The fourth-order valence-electron chi connectivity index (χ4n) is 2.68. The Kier molecular flexibility index (Phi) is 5.48. The minimum absolute atomic E-state index is 0.0142. The van der Waals surface area contributed by atoms with Crippen LogP contribution in [0.1, 0.15) is 12.5 Å². The van der Waals surface area contributed by atoms with E-state index in [1.807, 2.05) is 13.0 Å². The molecule has 0 unspecified atom stereocenters. The summed E-state index contributed by atoms with van der Waals surface area (Å²) in [5.41, 5.74) is 1.40. The van der Waals surface area contributed by atoms with Crippen molar-refractivity contribution in [3.05, 3.63) is 29.8 Å². The Balaban J connectivity index is 2.11. The summed E-state index contributed by atoms with van der Waals surface area (Å²) in [7, 11) is -3.57. The average Bonchev–Trinajstić information content (AvgIpc) is 2.51. The van der Waals surface area contributed by atoms with Gasteiger partial charge in [0, 0.05) is 33.1 Å². The molecule has 24 heavy (non-hydrogen) atoms. The van der Waals surface area contributed by atoms with Crippen LogP contribution in [0.25, 0.3) is 0 Å². The van der Waals surface area contributed by atoms with Crippen LogP contribution in [0.4, 0.5) is 5.69 Å². The van der Waals surface area contributed by atoms with E-state index < -0.39 is 10.0 Å². The molecule has 1 aromatic rings. The zero-order valence-corrected chi connectivity index (χ0v) is 15.0. The number of carbonyl (C=O) groups is 2. The van der Waals surface area contributed by atoms with Gasteiger partial charge in [0.15, 0.2) is 0 Å². The van der Waals surface area contributed by atoms with Crippen LogP contribution in [-0.4, -0.2) is 69.0 Å². The zero-order chi connectivity index (χ0) is 17.9. The predicted octanol–water partition coefficient (Wildman–Crippen LogP) is 0.452. The maximum atomic E-state index is 12.5. The maximum Gasteiger partial charge on any atom is 0.243 e. The first-order valence-corrected chi connectivity index (χ1v) is 9.61. The fraction of sp³-hybridized carbons (Fsp3) is 0.500. The lowest BCUT2D eigenvalue weighted by Crippen LogP contribution is -2.52. The third-order valence-corrected chi connectivity index (χ3v) is 5.19. The molecule has 0 radical (unpaired) electrons. The summed E-state index contributed by atoms with van der Waals surface area (Å²) in [6.07, 6.45) is 1.09. The Hall–Kier alpha value is -2.09. The molecule has 0 bridgehead atoms. The molecule has 7 nitrogen and oxygen atoms in total. The van der Waals surface area contributed by atoms with Crippen molar-refractivity contribution >= 4 is 27.5 Å². The summed E-state index contributed by atoms with van der Waals surface area (Å²) in [6, 6.07) is 7.04. The highest BCUT2D eigenvalue weighted by Crippen LogP contribution is 2.19. The normalized spacial score (nSPS) is 15.3. The molecule has 2 rings (SSSR count). The number of benzene rings is 1. The lowest BCUT2D eigenvalue weighted by atomic mass is 10.2. The first-order chi connectivity index (χ1) is 11.2. The number of amides is 2. The van der Waals surface area contributed by atoms with Crippen LogP contribution in [0, 0.1) is 6.92 Å². The van der Waals surface area contributed by atoms with E-state index in [0.717, 1.165) is 16.1 Å². The first kappa shape index (κ1) is 18.3. The molecule has 0 spiro atoms. The number of nitrogens with zero attached hydrogens (tertiary/aromatic N) is 3. The smallest absolute Gasteiger partial charge is 0.243 e. The lowest BCUT2D eigenvalue weighted by Gasteiger charge is -2.35. The van der Waals surface area contributed by atoms with Crippen molar-refractivity contribution in [2.24, 2.45) is 0 Å². The molecule has 0 saturated carbocycles. The Bertz CT molecular complexity index is 725. The number of anilines is 1. The van der Waals surface area contributed by atoms with Crippen molar-refractivity contribution in [1.29, 1.82) is 0 Å². The molecule has 1 aliphatic rings. The second-order valence-corrected chi connectivity index (χ2v) is 7.90. The van der Waals surface area contributed by atoms with Crippen molar-refractivity contribution in [2.75, 3.05) is 43.3 Å². The number of sulfonamides is 1. The zero-order valence-electron chi connectivity index (χ0n) is 14.2. The number of aryl methyl sites for hydroxylation is 1. The topological polar surface area (TPSA) is 78.0 Å². The van der Waals surface area contributed by atoms with E-state index in [0.29, 0.717) is 31.9 Å². The second-order valence-electron chi connectivity index (χ2n) is 6.00. The SMILES string of the molecule is CC(=O)N1CCN(C(=O)CN(c2cccc(C)c2)S(C)(=O)=O)CC1. The van der Waals surface area contributed by atoms with Crippen molar-refractivity contribution in [3.8, 4) is 0 Å². The summed E-state index contributed by atoms with van der Waals surface area (Å²) in [5, 5.41) is 0. The molecule has 1 aliphatic heterocycles. The van der Waals surface area contributed by atoms with E-state index >= 15 is 0 Å². The summed E-state index contributed by atoms with van der Waals surface area (Å²) < 4.78 is 25.3. The molecule has 0 aliphatic carbocycles.